The fraction of sp³-hybridized carbons (Fsp3) is 1.00. The molecule has 110 valence electrons. The van der Waals surface area contributed by atoms with Crippen LogP contribution in [0.3, 0.4) is 0 Å². The maximum absolute atomic E-state index is 5.72. The number of hydrogen-bond donors (Lipinski definition) is 3. The normalized spacial score (nSPS) is 13.2. The molecule has 1 unspecified atom stereocenters. The quantitative estimate of drug-likeness (QED) is 0.331. The van der Waals surface area contributed by atoms with Crippen molar-refractivity contribution < 1.29 is 8.85 Å². The van der Waals surface area contributed by atoms with Gasteiger partial charge in [0.25, 0.3) is 0 Å². The molecule has 0 rings (SSSR count). The van der Waals surface area contributed by atoms with Gasteiger partial charge in [0.2, 0.25) is 0 Å². The first kappa shape index (κ1) is 18.0. The molecule has 0 aliphatic carbocycles. The van der Waals surface area contributed by atoms with Gasteiger partial charge in [-0.15, -0.1) is 0 Å². The Hall–Kier alpha value is 0.0169. The fourth-order valence-corrected chi connectivity index (χ4v) is 3.55. The van der Waals surface area contributed by atoms with Gasteiger partial charge in [-0.3, -0.25) is 0 Å². The van der Waals surface area contributed by atoms with E-state index >= 15 is 0 Å². The summed E-state index contributed by atoms with van der Waals surface area (Å²) in [4.78, 5) is 0. The minimum absolute atomic E-state index is 0.550. The summed E-state index contributed by atoms with van der Waals surface area (Å²) in [6.45, 7) is 12.4. The maximum atomic E-state index is 5.72. The van der Waals surface area contributed by atoms with E-state index in [-0.39, 0.29) is 0 Å². The summed E-state index contributed by atoms with van der Waals surface area (Å²) in [5, 5.41) is 6.68. The van der Waals surface area contributed by atoms with Gasteiger partial charge in [-0.05, 0) is 32.4 Å². The summed E-state index contributed by atoms with van der Waals surface area (Å²) in [6, 6.07) is 0. The van der Waals surface area contributed by atoms with E-state index in [0.29, 0.717) is 12.1 Å². The topological polar surface area (TPSA) is 68.5 Å². The van der Waals surface area contributed by atoms with Gasteiger partial charge in [0, 0.05) is 39.4 Å². The lowest BCUT2D eigenvalue weighted by Gasteiger charge is -2.21. The summed E-state index contributed by atoms with van der Waals surface area (Å²) >= 11 is 0. The molecule has 0 heterocycles. The second-order valence-electron chi connectivity index (χ2n) is 4.33. The molecule has 18 heavy (non-hydrogen) atoms. The van der Waals surface area contributed by atoms with Crippen molar-refractivity contribution in [3.05, 3.63) is 0 Å². The molecule has 0 radical (unpaired) electrons. The van der Waals surface area contributed by atoms with E-state index < -0.39 is 9.28 Å². The van der Waals surface area contributed by atoms with Gasteiger partial charge in [-0.1, -0.05) is 6.92 Å². The zero-order valence-electron chi connectivity index (χ0n) is 12.2. The van der Waals surface area contributed by atoms with Crippen LogP contribution >= 0.6 is 0 Å². The Bertz CT molecular complexity index is 169. The van der Waals surface area contributed by atoms with Crippen LogP contribution in [0.25, 0.3) is 0 Å². The minimum Gasteiger partial charge on any atom is -0.397 e. The molecular weight excluding hydrogens is 246 g/mol. The van der Waals surface area contributed by atoms with E-state index in [1.165, 1.54) is 0 Å². The smallest absolute Gasteiger partial charge is 0.324 e. The average Bonchev–Trinajstić information content (AvgIpc) is 2.37. The third-order valence-electron chi connectivity index (χ3n) is 2.70. The lowest BCUT2D eigenvalue weighted by Crippen LogP contribution is -2.33. The molecule has 0 bridgehead atoms. The Morgan fingerprint density at radius 3 is 2.06 bits per heavy atom. The Balaban J connectivity index is 3.51. The predicted octanol–water partition coefficient (Wildman–Crippen LogP) is 0.198. The van der Waals surface area contributed by atoms with Crippen LogP contribution in [0.1, 0.15) is 27.2 Å². The molecular formula is C12H31N3O2Si. The van der Waals surface area contributed by atoms with Crippen LogP contribution < -0.4 is 16.4 Å². The Morgan fingerprint density at radius 2 is 1.56 bits per heavy atom. The van der Waals surface area contributed by atoms with E-state index in [2.05, 4.69) is 17.6 Å². The van der Waals surface area contributed by atoms with E-state index in [0.717, 1.165) is 45.8 Å². The third kappa shape index (κ3) is 9.99. The first-order valence-corrected chi connectivity index (χ1v) is 8.71. The summed E-state index contributed by atoms with van der Waals surface area (Å²) in [5.41, 5.74) is 5.94. The van der Waals surface area contributed by atoms with Crippen LogP contribution in [0.5, 0.6) is 0 Å². The maximum Gasteiger partial charge on any atom is 0.324 e. The van der Waals surface area contributed by atoms with Gasteiger partial charge in [-0.2, -0.15) is 0 Å². The number of rotatable bonds is 13. The Morgan fingerprint density at radius 1 is 1.00 bits per heavy atom. The molecule has 6 heteroatoms. The van der Waals surface area contributed by atoms with Gasteiger partial charge in [0.15, 0.2) is 0 Å². The van der Waals surface area contributed by atoms with Crippen molar-refractivity contribution in [3.8, 4) is 0 Å². The van der Waals surface area contributed by atoms with Crippen molar-refractivity contribution in [3.63, 3.8) is 0 Å². The largest absolute Gasteiger partial charge is 0.397 e. The highest BCUT2D eigenvalue weighted by atomic mass is 28.3. The Kier molecular flexibility index (Phi) is 13.5. The number of hydrogen-bond acceptors (Lipinski definition) is 5. The van der Waals surface area contributed by atoms with Gasteiger partial charge in [0.1, 0.15) is 0 Å². The van der Waals surface area contributed by atoms with E-state index in [1.807, 2.05) is 13.8 Å². The van der Waals surface area contributed by atoms with Gasteiger partial charge in [0.05, 0.1) is 0 Å². The molecule has 0 aromatic heterocycles. The fourth-order valence-electron chi connectivity index (χ4n) is 1.70. The standard InChI is InChI=1S/C12H31N3O2Si/c1-4-16-18(17-5-2)12(3)6-8-14-10-11-15-9-7-13/h12,14-15,18H,4-11,13H2,1-3H3. The van der Waals surface area contributed by atoms with Crippen molar-refractivity contribution in [1.29, 1.82) is 0 Å². The molecule has 0 aliphatic rings. The molecule has 1 atom stereocenters. The lowest BCUT2D eigenvalue weighted by molar-refractivity contribution is 0.203. The van der Waals surface area contributed by atoms with Crippen molar-refractivity contribution in [2.75, 3.05) is 45.9 Å². The van der Waals surface area contributed by atoms with Gasteiger partial charge in [-0.25, -0.2) is 0 Å². The van der Waals surface area contributed by atoms with Crippen LogP contribution in [0.15, 0.2) is 0 Å². The third-order valence-corrected chi connectivity index (χ3v) is 5.29. The van der Waals surface area contributed by atoms with Gasteiger partial charge >= 0.3 is 9.28 Å². The SMILES string of the molecule is CCO[SiH](OCC)C(C)CCNCCNCCN. The Labute approximate surface area is 114 Å². The molecule has 0 aliphatic heterocycles. The molecule has 0 aromatic rings. The first-order chi connectivity index (χ1) is 8.76. The highest BCUT2D eigenvalue weighted by Gasteiger charge is 2.20. The molecule has 0 aromatic carbocycles. The second-order valence-corrected chi connectivity index (χ2v) is 6.88. The zero-order chi connectivity index (χ0) is 13.6. The molecule has 4 N–H and O–H groups in total. The van der Waals surface area contributed by atoms with Crippen molar-refractivity contribution in [2.45, 2.75) is 32.7 Å². The second kappa shape index (κ2) is 13.4. The van der Waals surface area contributed by atoms with Crippen molar-refractivity contribution >= 4 is 9.28 Å². The van der Waals surface area contributed by atoms with Crippen LogP contribution in [0.2, 0.25) is 5.54 Å². The summed E-state index contributed by atoms with van der Waals surface area (Å²) < 4.78 is 11.4. The average molecular weight is 277 g/mol. The van der Waals surface area contributed by atoms with E-state index in [4.69, 9.17) is 14.6 Å². The van der Waals surface area contributed by atoms with Crippen LogP contribution in [-0.4, -0.2) is 55.2 Å². The van der Waals surface area contributed by atoms with Crippen molar-refractivity contribution in [2.24, 2.45) is 5.73 Å². The summed E-state index contributed by atoms with van der Waals surface area (Å²) in [5.74, 6) is 0. The van der Waals surface area contributed by atoms with E-state index in [1.54, 1.807) is 0 Å². The predicted molar refractivity (Wildman–Crippen MR) is 79.2 cm³/mol. The number of nitrogens with one attached hydrogen (secondary N) is 2. The minimum atomic E-state index is -1.47. The molecule has 0 amide bonds. The molecule has 0 spiro atoms. The molecule has 0 fully saturated rings. The molecule has 5 nitrogen and oxygen atoms in total. The highest BCUT2D eigenvalue weighted by Crippen LogP contribution is 2.15. The lowest BCUT2D eigenvalue weighted by atomic mass is 10.3. The monoisotopic (exact) mass is 277 g/mol. The summed E-state index contributed by atoms with van der Waals surface area (Å²) in [6.07, 6.45) is 1.12. The van der Waals surface area contributed by atoms with Crippen LogP contribution in [-0.2, 0) is 8.85 Å². The van der Waals surface area contributed by atoms with E-state index in [9.17, 15) is 0 Å². The van der Waals surface area contributed by atoms with Crippen molar-refractivity contribution in [1.82, 2.24) is 10.6 Å². The van der Waals surface area contributed by atoms with Crippen LogP contribution in [0.4, 0.5) is 0 Å². The molecule has 0 saturated carbocycles. The first-order valence-electron chi connectivity index (χ1n) is 7.10. The number of nitrogens with two attached hydrogens (primary N) is 1. The van der Waals surface area contributed by atoms with Crippen LogP contribution in [0, 0.1) is 0 Å². The van der Waals surface area contributed by atoms with Gasteiger partial charge < -0.3 is 25.2 Å². The summed E-state index contributed by atoms with van der Waals surface area (Å²) in [7, 11) is -1.47. The molecule has 0 saturated heterocycles. The highest BCUT2D eigenvalue weighted by molar-refractivity contribution is 6.46. The zero-order valence-corrected chi connectivity index (χ0v) is 13.4.